The van der Waals surface area contributed by atoms with Crippen molar-refractivity contribution in [1.82, 2.24) is 20.5 Å². The summed E-state index contributed by atoms with van der Waals surface area (Å²) in [6, 6.07) is 18.2. The van der Waals surface area contributed by atoms with Crippen molar-refractivity contribution in [2.75, 3.05) is 30.9 Å². The molecule has 5 rings (SSSR count). The lowest BCUT2D eigenvalue weighted by Gasteiger charge is -2.29. The molecule has 1 aliphatic rings. The van der Waals surface area contributed by atoms with Gasteiger partial charge < -0.3 is 20.3 Å². The highest BCUT2D eigenvalue weighted by Crippen LogP contribution is 2.42. The smallest absolute Gasteiger partial charge is 0.338 e. The minimum Gasteiger partial charge on any atom is -0.463 e. The molecule has 0 aliphatic carbocycles. The molecule has 1 aliphatic heterocycles. The molecule has 9 nitrogen and oxygen atoms in total. The normalized spacial score (nSPS) is 14.8. The second-order valence-corrected chi connectivity index (χ2v) is 9.95. The molecule has 3 heterocycles. The Balaban J connectivity index is 1.50. The van der Waals surface area contributed by atoms with Gasteiger partial charge in [-0.05, 0) is 37.1 Å². The Kier molecular flexibility index (Phi) is 7.23. The first-order valence-corrected chi connectivity index (χ1v) is 13.1. The molecule has 0 saturated heterocycles. The van der Waals surface area contributed by atoms with E-state index in [1.807, 2.05) is 80.5 Å². The van der Waals surface area contributed by atoms with Crippen molar-refractivity contribution in [1.29, 1.82) is 0 Å². The van der Waals surface area contributed by atoms with E-state index < -0.39 is 5.97 Å². The number of aromatic nitrogens is 3. The molecule has 10 heteroatoms. The number of hydrogen-bond donors (Lipinski definition) is 3. The fourth-order valence-corrected chi connectivity index (χ4v) is 5.18. The van der Waals surface area contributed by atoms with Crippen molar-refractivity contribution in [3.8, 4) is 10.4 Å². The van der Waals surface area contributed by atoms with E-state index in [1.54, 1.807) is 13.1 Å². The number of hydrogen-bond acceptors (Lipinski definition) is 8. The van der Waals surface area contributed by atoms with Gasteiger partial charge in [0.2, 0.25) is 5.13 Å². The Morgan fingerprint density at radius 1 is 1.18 bits per heavy atom. The average molecular weight is 528 g/mol. The number of aliphatic imine (C=N–C) groups is 1. The standard InChI is InChI=1S/C28H29N7O2S/c1-5-37-27(36)24-23(19-11-13-20(14-12-19)35(3)4)22-17(2)33-34-26(22)32-25(24)30-16-31-28-29-15-21(38-28)18-9-7-6-8-10-18/h6-16,23H,5H2,1-4H3,(H,29,30,31)(H2,32,33,34). The number of aryl methyl sites for hydroxylation is 1. The first-order chi connectivity index (χ1) is 18.5. The third kappa shape index (κ3) is 5.03. The lowest BCUT2D eigenvalue weighted by molar-refractivity contribution is -0.138. The molecule has 4 aromatic rings. The van der Waals surface area contributed by atoms with Crippen molar-refractivity contribution in [3.05, 3.63) is 89.0 Å². The van der Waals surface area contributed by atoms with Gasteiger partial charge in [-0.1, -0.05) is 53.8 Å². The number of ether oxygens (including phenoxy) is 1. The molecule has 2 aromatic carbocycles. The first kappa shape index (κ1) is 25.2. The minimum atomic E-state index is -0.413. The lowest BCUT2D eigenvalue weighted by atomic mass is 9.82. The van der Waals surface area contributed by atoms with E-state index in [0.29, 0.717) is 22.3 Å². The average Bonchev–Trinajstić information content (AvgIpc) is 3.55. The van der Waals surface area contributed by atoms with Gasteiger partial charge in [-0.25, -0.2) is 14.8 Å². The Morgan fingerprint density at radius 2 is 1.95 bits per heavy atom. The van der Waals surface area contributed by atoms with Crippen LogP contribution in [0, 0.1) is 6.92 Å². The van der Waals surface area contributed by atoms with Crippen molar-refractivity contribution < 1.29 is 9.53 Å². The van der Waals surface area contributed by atoms with Gasteiger partial charge in [-0.15, -0.1) is 0 Å². The molecule has 1 atom stereocenters. The van der Waals surface area contributed by atoms with E-state index in [0.717, 1.165) is 32.9 Å². The van der Waals surface area contributed by atoms with Crippen molar-refractivity contribution >= 4 is 40.3 Å². The third-order valence-corrected chi connectivity index (χ3v) is 7.21. The minimum absolute atomic E-state index is 0.259. The van der Waals surface area contributed by atoms with Crippen LogP contribution in [0.4, 0.5) is 16.6 Å². The molecular formula is C28H29N7O2S. The van der Waals surface area contributed by atoms with Crippen LogP contribution in [-0.4, -0.2) is 48.2 Å². The largest absolute Gasteiger partial charge is 0.463 e. The first-order valence-electron chi connectivity index (χ1n) is 12.3. The number of fused-ring (bicyclic) bond motifs is 1. The molecule has 0 radical (unpaired) electrons. The topological polar surface area (TPSA) is 108 Å². The zero-order valence-corrected chi connectivity index (χ0v) is 22.5. The predicted octanol–water partition coefficient (Wildman–Crippen LogP) is 5.19. The Morgan fingerprint density at radius 3 is 2.66 bits per heavy atom. The van der Waals surface area contributed by atoms with Gasteiger partial charge in [0.05, 0.1) is 29.3 Å². The van der Waals surface area contributed by atoms with Gasteiger partial charge in [0, 0.05) is 37.2 Å². The van der Waals surface area contributed by atoms with Crippen LogP contribution >= 0.6 is 11.3 Å². The van der Waals surface area contributed by atoms with Gasteiger partial charge in [-0.2, -0.15) is 5.10 Å². The number of rotatable bonds is 8. The SMILES string of the molecule is CCOC(=O)C1=C(N/C=N/c2ncc(-c3ccccc3)s2)Nc2n[nH]c(C)c2C1c1ccc(N(C)C)cc1. The van der Waals surface area contributed by atoms with Crippen molar-refractivity contribution in [2.45, 2.75) is 19.8 Å². The van der Waals surface area contributed by atoms with Crippen LogP contribution in [0.25, 0.3) is 10.4 Å². The quantitative estimate of drug-likeness (QED) is 0.164. The van der Waals surface area contributed by atoms with Gasteiger partial charge in [0.15, 0.2) is 5.82 Å². The van der Waals surface area contributed by atoms with Gasteiger partial charge in [-0.3, -0.25) is 5.10 Å². The fraction of sp³-hybridized carbons (Fsp3) is 0.214. The van der Waals surface area contributed by atoms with Crippen molar-refractivity contribution in [3.63, 3.8) is 0 Å². The highest BCUT2D eigenvalue weighted by atomic mass is 32.1. The number of anilines is 2. The van der Waals surface area contributed by atoms with Crippen LogP contribution in [0.5, 0.6) is 0 Å². The summed E-state index contributed by atoms with van der Waals surface area (Å²) in [6.07, 6.45) is 3.34. The molecule has 194 valence electrons. The molecule has 0 saturated carbocycles. The third-order valence-electron chi connectivity index (χ3n) is 6.26. The number of aromatic amines is 1. The monoisotopic (exact) mass is 527 g/mol. The molecular weight excluding hydrogens is 498 g/mol. The molecule has 2 aromatic heterocycles. The number of nitrogens with one attached hydrogen (secondary N) is 3. The molecule has 3 N–H and O–H groups in total. The van der Waals surface area contributed by atoms with Crippen LogP contribution in [0.15, 0.2) is 77.2 Å². The summed E-state index contributed by atoms with van der Waals surface area (Å²) >= 11 is 1.48. The Bertz CT molecular complexity index is 1490. The van der Waals surface area contributed by atoms with Crippen molar-refractivity contribution in [2.24, 2.45) is 4.99 Å². The Hall–Kier alpha value is -4.44. The number of H-pyrrole nitrogens is 1. The number of nitrogens with zero attached hydrogens (tertiary/aromatic N) is 4. The maximum Gasteiger partial charge on any atom is 0.338 e. The summed E-state index contributed by atoms with van der Waals surface area (Å²) in [5.41, 5.74) is 5.34. The van der Waals surface area contributed by atoms with E-state index in [9.17, 15) is 4.79 Å². The fourth-order valence-electron chi connectivity index (χ4n) is 4.41. The molecule has 0 spiro atoms. The van der Waals surface area contributed by atoms with E-state index >= 15 is 0 Å². The van der Waals surface area contributed by atoms with Gasteiger partial charge in [0.1, 0.15) is 5.82 Å². The van der Waals surface area contributed by atoms with Crippen LogP contribution in [-0.2, 0) is 9.53 Å². The van der Waals surface area contributed by atoms with Crippen LogP contribution in [0.2, 0.25) is 0 Å². The summed E-state index contributed by atoms with van der Waals surface area (Å²) in [5.74, 6) is 0.312. The summed E-state index contributed by atoms with van der Waals surface area (Å²) in [7, 11) is 3.99. The molecule has 0 amide bonds. The zero-order valence-electron chi connectivity index (χ0n) is 21.6. The lowest BCUT2D eigenvalue weighted by Crippen LogP contribution is -2.31. The van der Waals surface area contributed by atoms with Crippen LogP contribution < -0.4 is 15.5 Å². The number of thiazole rings is 1. The number of esters is 1. The maximum absolute atomic E-state index is 13.4. The summed E-state index contributed by atoms with van der Waals surface area (Å²) < 4.78 is 5.50. The second kappa shape index (κ2) is 10.9. The molecule has 38 heavy (non-hydrogen) atoms. The molecule has 0 bridgehead atoms. The van der Waals surface area contributed by atoms with E-state index in [2.05, 4.69) is 30.8 Å². The molecule has 1 unspecified atom stereocenters. The summed E-state index contributed by atoms with van der Waals surface area (Å²) in [5, 5.41) is 14.5. The number of carbonyl (C=O) groups excluding carboxylic acids is 1. The van der Waals surface area contributed by atoms with Gasteiger partial charge in [0.25, 0.3) is 0 Å². The number of benzene rings is 2. The van der Waals surface area contributed by atoms with E-state index in [-0.39, 0.29) is 12.5 Å². The van der Waals surface area contributed by atoms with E-state index in [4.69, 9.17) is 4.74 Å². The second-order valence-electron chi connectivity index (χ2n) is 8.94. The number of carbonyl (C=O) groups is 1. The maximum atomic E-state index is 13.4. The van der Waals surface area contributed by atoms with Crippen LogP contribution in [0.3, 0.4) is 0 Å². The Labute approximate surface area is 225 Å². The summed E-state index contributed by atoms with van der Waals surface area (Å²) in [4.78, 5) is 25.3. The van der Waals surface area contributed by atoms with Crippen LogP contribution in [0.1, 0.15) is 29.7 Å². The van der Waals surface area contributed by atoms with E-state index in [1.165, 1.54) is 17.7 Å². The highest BCUT2D eigenvalue weighted by molar-refractivity contribution is 7.18. The highest BCUT2D eigenvalue weighted by Gasteiger charge is 2.37. The zero-order chi connectivity index (χ0) is 26.6. The predicted molar refractivity (Wildman–Crippen MR) is 152 cm³/mol. The summed E-state index contributed by atoms with van der Waals surface area (Å²) in [6.45, 7) is 4.00. The van der Waals surface area contributed by atoms with Gasteiger partial charge >= 0.3 is 5.97 Å². The molecule has 0 fully saturated rings.